The topological polar surface area (TPSA) is 28.2 Å². The Balaban J connectivity index is 2.08. The normalized spacial score (nSPS) is 14.1. The maximum Gasteiger partial charge on any atom is 0.185 e. The molecule has 2 aromatic rings. The van der Waals surface area contributed by atoms with E-state index in [1.165, 1.54) is 9.75 Å². The van der Waals surface area contributed by atoms with Crippen molar-refractivity contribution in [3.05, 3.63) is 33.0 Å². The van der Waals surface area contributed by atoms with Gasteiger partial charge in [-0.25, -0.2) is 4.98 Å². The molecule has 21 heavy (non-hydrogen) atoms. The van der Waals surface area contributed by atoms with E-state index in [1.54, 1.807) is 0 Å². The average Bonchev–Trinajstić information content (AvgIpc) is 3.07. The van der Waals surface area contributed by atoms with Crippen molar-refractivity contribution in [2.24, 2.45) is 0 Å². The lowest BCUT2D eigenvalue weighted by molar-refractivity contribution is 0.603. The van der Waals surface area contributed by atoms with Gasteiger partial charge < -0.3 is 10.2 Å². The Labute approximate surface area is 136 Å². The van der Waals surface area contributed by atoms with Crippen LogP contribution in [0.3, 0.4) is 0 Å². The molecule has 116 valence electrons. The summed E-state index contributed by atoms with van der Waals surface area (Å²) in [6.07, 6.45) is 1.07. The van der Waals surface area contributed by atoms with Crippen LogP contribution in [0, 0.1) is 6.92 Å². The predicted molar refractivity (Wildman–Crippen MR) is 94.8 cm³/mol. The molecule has 0 aliphatic rings. The van der Waals surface area contributed by atoms with Crippen LogP contribution >= 0.6 is 22.7 Å². The molecule has 2 rings (SSSR count). The SMILES string of the molecule is CCNC(C)c1sc(N(C)C(C)Cc2cccs2)nc1C. The van der Waals surface area contributed by atoms with Crippen molar-refractivity contribution >= 4 is 27.8 Å². The molecule has 0 aliphatic heterocycles. The minimum absolute atomic E-state index is 0.377. The molecule has 0 saturated heterocycles. The standard InChI is InChI=1S/C16H25N3S2/c1-6-17-12(3)15-13(4)18-16(21-15)19(5)11(2)10-14-8-7-9-20-14/h7-9,11-12,17H,6,10H2,1-5H3. The number of thiazole rings is 1. The highest BCUT2D eigenvalue weighted by Crippen LogP contribution is 2.31. The van der Waals surface area contributed by atoms with Crippen molar-refractivity contribution in [1.82, 2.24) is 10.3 Å². The lowest BCUT2D eigenvalue weighted by Crippen LogP contribution is -2.30. The van der Waals surface area contributed by atoms with Crippen LogP contribution in [-0.4, -0.2) is 24.6 Å². The number of hydrogen-bond acceptors (Lipinski definition) is 5. The Morgan fingerprint density at radius 1 is 1.38 bits per heavy atom. The van der Waals surface area contributed by atoms with Gasteiger partial charge in [0.1, 0.15) is 0 Å². The van der Waals surface area contributed by atoms with Gasteiger partial charge in [-0.1, -0.05) is 13.0 Å². The van der Waals surface area contributed by atoms with Crippen molar-refractivity contribution in [3.63, 3.8) is 0 Å². The van der Waals surface area contributed by atoms with Gasteiger partial charge in [-0.3, -0.25) is 0 Å². The van der Waals surface area contributed by atoms with Crippen LogP contribution in [0.5, 0.6) is 0 Å². The van der Waals surface area contributed by atoms with E-state index in [2.05, 4.69) is 62.5 Å². The molecule has 0 aromatic carbocycles. The molecular formula is C16H25N3S2. The van der Waals surface area contributed by atoms with Gasteiger partial charge in [0, 0.05) is 35.3 Å². The molecular weight excluding hydrogens is 298 g/mol. The van der Waals surface area contributed by atoms with E-state index < -0.39 is 0 Å². The molecule has 0 fully saturated rings. The molecule has 2 aromatic heterocycles. The summed E-state index contributed by atoms with van der Waals surface area (Å²) in [5, 5.41) is 6.74. The van der Waals surface area contributed by atoms with Gasteiger partial charge in [0.25, 0.3) is 0 Å². The fraction of sp³-hybridized carbons (Fsp3) is 0.562. The first kappa shape index (κ1) is 16.5. The highest BCUT2D eigenvalue weighted by Gasteiger charge is 2.19. The number of aromatic nitrogens is 1. The number of nitrogens with zero attached hydrogens (tertiary/aromatic N) is 2. The Kier molecular flexibility index (Phi) is 5.79. The second kappa shape index (κ2) is 7.38. The van der Waals surface area contributed by atoms with E-state index in [-0.39, 0.29) is 0 Å². The van der Waals surface area contributed by atoms with E-state index in [1.807, 2.05) is 22.7 Å². The second-order valence-corrected chi connectivity index (χ2v) is 7.51. The van der Waals surface area contributed by atoms with E-state index >= 15 is 0 Å². The Morgan fingerprint density at radius 3 is 2.76 bits per heavy atom. The van der Waals surface area contributed by atoms with E-state index in [9.17, 15) is 0 Å². The third-order valence-electron chi connectivity index (χ3n) is 3.76. The number of likely N-dealkylation sites (N-methyl/N-ethyl adjacent to an activating group) is 1. The Morgan fingerprint density at radius 2 is 2.14 bits per heavy atom. The van der Waals surface area contributed by atoms with Crippen molar-refractivity contribution in [2.45, 2.75) is 46.2 Å². The number of anilines is 1. The first-order chi connectivity index (χ1) is 10.0. The number of hydrogen-bond donors (Lipinski definition) is 1. The Hall–Kier alpha value is -0.910. The zero-order valence-corrected chi connectivity index (χ0v) is 15.1. The molecule has 0 saturated carbocycles. The van der Waals surface area contributed by atoms with Gasteiger partial charge in [0.2, 0.25) is 0 Å². The fourth-order valence-electron chi connectivity index (χ4n) is 2.39. The number of thiophene rings is 1. The lowest BCUT2D eigenvalue weighted by atomic mass is 10.2. The largest absolute Gasteiger partial charge is 0.348 e. The molecule has 2 atom stereocenters. The van der Waals surface area contributed by atoms with Crippen LogP contribution in [0.15, 0.2) is 17.5 Å². The third kappa shape index (κ3) is 4.05. The molecule has 0 radical (unpaired) electrons. The van der Waals surface area contributed by atoms with Gasteiger partial charge in [0.15, 0.2) is 5.13 Å². The number of rotatable bonds is 7. The zero-order valence-electron chi connectivity index (χ0n) is 13.5. The van der Waals surface area contributed by atoms with Gasteiger partial charge in [-0.2, -0.15) is 0 Å². The minimum atomic E-state index is 0.377. The van der Waals surface area contributed by atoms with Crippen LogP contribution in [0.25, 0.3) is 0 Å². The van der Waals surface area contributed by atoms with Gasteiger partial charge in [-0.15, -0.1) is 22.7 Å². The second-order valence-electron chi connectivity index (χ2n) is 5.47. The first-order valence-electron chi connectivity index (χ1n) is 7.48. The first-order valence-corrected chi connectivity index (χ1v) is 9.18. The van der Waals surface area contributed by atoms with Crippen LogP contribution < -0.4 is 10.2 Å². The molecule has 3 nitrogen and oxygen atoms in total. The molecule has 0 aliphatic carbocycles. The molecule has 0 spiro atoms. The summed E-state index contributed by atoms with van der Waals surface area (Å²) in [6.45, 7) is 9.72. The monoisotopic (exact) mass is 323 g/mol. The smallest absolute Gasteiger partial charge is 0.185 e. The predicted octanol–water partition coefficient (Wildman–Crippen LogP) is 4.25. The Bertz CT molecular complexity index is 548. The van der Waals surface area contributed by atoms with Crippen LogP contribution in [0.2, 0.25) is 0 Å². The summed E-state index contributed by atoms with van der Waals surface area (Å²) in [6, 6.07) is 5.16. The molecule has 0 bridgehead atoms. The molecule has 2 heterocycles. The van der Waals surface area contributed by atoms with Gasteiger partial charge in [-0.05, 0) is 38.8 Å². The summed E-state index contributed by atoms with van der Waals surface area (Å²) >= 11 is 3.64. The summed E-state index contributed by atoms with van der Waals surface area (Å²) in [5.74, 6) is 0. The maximum atomic E-state index is 4.77. The van der Waals surface area contributed by atoms with Crippen LogP contribution in [-0.2, 0) is 6.42 Å². The van der Waals surface area contributed by atoms with E-state index in [0.29, 0.717) is 12.1 Å². The minimum Gasteiger partial charge on any atom is -0.348 e. The summed E-state index contributed by atoms with van der Waals surface area (Å²) in [5.41, 5.74) is 1.15. The van der Waals surface area contributed by atoms with Gasteiger partial charge in [0.05, 0.1) is 5.69 Å². The molecule has 1 N–H and O–H groups in total. The van der Waals surface area contributed by atoms with E-state index in [4.69, 9.17) is 4.98 Å². The molecule has 2 unspecified atom stereocenters. The van der Waals surface area contributed by atoms with Crippen molar-refractivity contribution in [2.75, 3.05) is 18.5 Å². The fourth-order valence-corrected chi connectivity index (χ4v) is 4.37. The van der Waals surface area contributed by atoms with Crippen molar-refractivity contribution in [3.8, 4) is 0 Å². The van der Waals surface area contributed by atoms with Crippen LogP contribution in [0.1, 0.15) is 42.3 Å². The highest BCUT2D eigenvalue weighted by molar-refractivity contribution is 7.15. The zero-order chi connectivity index (χ0) is 15.4. The highest BCUT2D eigenvalue weighted by atomic mass is 32.1. The van der Waals surface area contributed by atoms with Crippen LogP contribution in [0.4, 0.5) is 5.13 Å². The van der Waals surface area contributed by atoms with Crippen molar-refractivity contribution < 1.29 is 0 Å². The molecule has 0 amide bonds. The maximum absolute atomic E-state index is 4.77. The quantitative estimate of drug-likeness (QED) is 0.825. The number of aryl methyl sites for hydroxylation is 1. The summed E-state index contributed by atoms with van der Waals surface area (Å²) < 4.78 is 0. The number of nitrogens with one attached hydrogen (secondary N) is 1. The molecule has 5 heteroatoms. The summed E-state index contributed by atoms with van der Waals surface area (Å²) in [4.78, 5) is 9.86. The summed E-state index contributed by atoms with van der Waals surface area (Å²) in [7, 11) is 2.15. The van der Waals surface area contributed by atoms with E-state index in [0.717, 1.165) is 23.8 Å². The third-order valence-corrected chi connectivity index (χ3v) is 6.09. The average molecular weight is 324 g/mol. The lowest BCUT2D eigenvalue weighted by Gasteiger charge is -2.23. The van der Waals surface area contributed by atoms with Crippen molar-refractivity contribution in [1.29, 1.82) is 0 Å². The van der Waals surface area contributed by atoms with Gasteiger partial charge >= 0.3 is 0 Å².